The molecule has 8 heteroatoms. The van der Waals surface area contributed by atoms with Crippen LogP contribution in [0.5, 0.6) is 0 Å². The Morgan fingerprint density at radius 3 is 2.08 bits per heavy atom. The van der Waals surface area contributed by atoms with Gasteiger partial charge in [-0.2, -0.15) is 4.31 Å². The van der Waals surface area contributed by atoms with E-state index in [0.717, 1.165) is 4.31 Å². The molecular formula is C16H16N2O5S. The highest BCUT2D eigenvalue weighted by Crippen LogP contribution is 2.19. The molecule has 0 spiro atoms. The van der Waals surface area contributed by atoms with Gasteiger partial charge in [-0.1, -0.05) is 30.3 Å². The van der Waals surface area contributed by atoms with Gasteiger partial charge in [0.1, 0.15) is 0 Å². The van der Waals surface area contributed by atoms with Crippen molar-refractivity contribution in [3.8, 4) is 0 Å². The second-order valence-corrected chi connectivity index (χ2v) is 6.99. The maximum absolute atomic E-state index is 12.7. The lowest BCUT2D eigenvalue weighted by atomic mass is 10.2. The number of sulfonamides is 1. The molecule has 2 rings (SSSR count). The minimum absolute atomic E-state index is 0.0210. The first-order valence-corrected chi connectivity index (χ1v) is 8.40. The van der Waals surface area contributed by atoms with Gasteiger partial charge in [-0.3, -0.25) is 4.79 Å². The predicted molar refractivity (Wildman–Crippen MR) is 86.6 cm³/mol. The van der Waals surface area contributed by atoms with Crippen molar-refractivity contribution in [1.82, 2.24) is 4.31 Å². The molecule has 0 heterocycles. The van der Waals surface area contributed by atoms with Crippen molar-refractivity contribution in [2.75, 3.05) is 6.54 Å². The van der Waals surface area contributed by atoms with Gasteiger partial charge in [-0.05, 0) is 29.8 Å². The van der Waals surface area contributed by atoms with Crippen molar-refractivity contribution in [3.63, 3.8) is 0 Å². The van der Waals surface area contributed by atoms with E-state index in [0.29, 0.717) is 5.56 Å². The van der Waals surface area contributed by atoms with Gasteiger partial charge >= 0.3 is 5.97 Å². The molecule has 0 aromatic heterocycles. The van der Waals surface area contributed by atoms with Gasteiger partial charge in [0.15, 0.2) is 0 Å². The average molecular weight is 348 g/mol. The highest BCUT2D eigenvalue weighted by atomic mass is 32.2. The molecule has 126 valence electrons. The number of hydrogen-bond donors (Lipinski definition) is 2. The van der Waals surface area contributed by atoms with E-state index >= 15 is 0 Å². The molecule has 0 fully saturated rings. The monoisotopic (exact) mass is 348 g/mol. The number of benzene rings is 2. The van der Waals surface area contributed by atoms with Crippen molar-refractivity contribution in [1.29, 1.82) is 0 Å². The number of carboxylic acid groups (broad SMARTS) is 1. The van der Waals surface area contributed by atoms with Crippen molar-refractivity contribution in [2.24, 2.45) is 5.73 Å². The lowest BCUT2D eigenvalue weighted by molar-refractivity contribution is -0.118. The molecule has 0 aliphatic rings. The zero-order valence-corrected chi connectivity index (χ0v) is 13.4. The van der Waals surface area contributed by atoms with E-state index in [9.17, 15) is 18.0 Å². The summed E-state index contributed by atoms with van der Waals surface area (Å²) in [5.41, 5.74) is 5.83. The zero-order chi connectivity index (χ0) is 17.7. The summed E-state index contributed by atoms with van der Waals surface area (Å²) in [4.78, 5) is 22.0. The fourth-order valence-electron chi connectivity index (χ4n) is 2.11. The third-order valence-corrected chi connectivity index (χ3v) is 5.08. The van der Waals surface area contributed by atoms with E-state index in [1.54, 1.807) is 30.3 Å². The van der Waals surface area contributed by atoms with E-state index in [1.165, 1.54) is 24.3 Å². The number of primary amides is 1. The number of carbonyl (C=O) groups excluding carboxylic acids is 1. The first-order chi connectivity index (χ1) is 11.3. The Morgan fingerprint density at radius 1 is 1.00 bits per heavy atom. The van der Waals surface area contributed by atoms with Crippen molar-refractivity contribution in [3.05, 3.63) is 65.7 Å². The predicted octanol–water partition coefficient (Wildman–Crippen LogP) is 1.06. The van der Waals surface area contributed by atoms with Gasteiger partial charge in [-0.15, -0.1) is 0 Å². The third kappa shape index (κ3) is 4.18. The van der Waals surface area contributed by atoms with Gasteiger partial charge in [0.2, 0.25) is 15.9 Å². The van der Waals surface area contributed by atoms with Crippen LogP contribution in [-0.4, -0.2) is 36.3 Å². The van der Waals surface area contributed by atoms with Crippen LogP contribution in [0.3, 0.4) is 0 Å². The summed E-state index contributed by atoms with van der Waals surface area (Å²) >= 11 is 0. The Morgan fingerprint density at radius 2 is 1.58 bits per heavy atom. The molecular weight excluding hydrogens is 332 g/mol. The van der Waals surface area contributed by atoms with E-state index < -0.39 is 28.4 Å². The molecule has 3 N–H and O–H groups in total. The van der Waals surface area contributed by atoms with Crippen LogP contribution in [0.25, 0.3) is 0 Å². The van der Waals surface area contributed by atoms with E-state index in [-0.39, 0.29) is 17.0 Å². The maximum atomic E-state index is 12.7. The quantitative estimate of drug-likeness (QED) is 0.776. The number of carboxylic acids is 1. The number of nitrogens with zero attached hydrogens (tertiary/aromatic N) is 1. The standard InChI is InChI=1S/C16H16N2O5S/c17-15(19)11-18(10-12-4-2-1-3-5-12)24(22,23)14-8-6-13(7-9-14)16(20)21/h1-9H,10-11H2,(H2,17,19)(H,20,21). The second-order valence-electron chi connectivity index (χ2n) is 5.05. The van der Waals surface area contributed by atoms with Gasteiger partial charge in [0.05, 0.1) is 17.0 Å². The molecule has 0 unspecified atom stereocenters. The van der Waals surface area contributed by atoms with E-state index in [1.807, 2.05) is 0 Å². The minimum atomic E-state index is -4.00. The third-order valence-electron chi connectivity index (χ3n) is 3.27. The fraction of sp³-hybridized carbons (Fsp3) is 0.125. The average Bonchev–Trinajstić information content (AvgIpc) is 2.55. The minimum Gasteiger partial charge on any atom is -0.478 e. The lowest BCUT2D eigenvalue weighted by Gasteiger charge is -2.21. The molecule has 0 atom stereocenters. The van der Waals surface area contributed by atoms with Crippen LogP contribution < -0.4 is 5.73 Å². The summed E-state index contributed by atoms with van der Waals surface area (Å²) in [6.45, 7) is -0.495. The van der Waals surface area contributed by atoms with Crippen molar-refractivity contribution < 1.29 is 23.1 Å². The van der Waals surface area contributed by atoms with Gasteiger partial charge < -0.3 is 10.8 Å². The molecule has 0 aliphatic heterocycles. The van der Waals surface area contributed by atoms with Crippen LogP contribution in [0.2, 0.25) is 0 Å². The van der Waals surface area contributed by atoms with Gasteiger partial charge in [-0.25, -0.2) is 13.2 Å². The molecule has 2 aromatic carbocycles. The first-order valence-electron chi connectivity index (χ1n) is 6.96. The molecule has 0 aliphatic carbocycles. The van der Waals surface area contributed by atoms with Crippen LogP contribution >= 0.6 is 0 Å². The summed E-state index contributed by atoms with van der Waals surface area (Å²) in [6.07, 6.45) is 0. The normalized spacial score (nSPS) is 11.4. The number of aromatic carboxylic acids is 1. The lowest BCUT2D eigenvalue weighted by Crippen LogP contribution is -2.38. The summed E-state index contributed by atoms with van der Waals surface area (Å²) in [6, 6.07) is 13.5. The highest BCUT2D eigenvalue weighted by Gasteiger charge is 2.26. The summed E-state index contributed by atoms with van der Waals surface area (Å²) in [5.74, 6) is -1.94. The molecule has 7 nitrogen and oxygen atoms in total. The molecule has 0 saturated heterocycles. The van der Waals surface area contributed by atoms with Crippen molar-refractivity contribution >= 4 is 21.9 Å². The van der Waals surface area contributed by atoms with Crippen LogP contribution in [0.1, 0.15) is 15.9 Å². The molecule has 0 saturated carbocycles. The molecule has 0 radical (unpaired) electrons. The Balaban J connectivity index is 2.35. The largest absolute Gasteiger partial charge is 0.478 e. The van der Waals surface area contributed by atoms with Crippen LogP contribution in [0.15, 0.2) is 59.5 Å². The Hall–Kier alpha value is -2.71. The summed E-state index contributed by atoms with van der Waals surface area (Å²) < 4.78 is 26.4. The number of nitrogens with two attached hydrogens (primary N) is 1. The Bertz CT molecular complexity index is 833. The highest BCUT2D eigenvalue weighted by molar-refractivity contribution is 7.89. The SMILES string of the molecule is NC(=O)CN(Cc1ccccc1)S(=O)(=O)c1ccc(C(=O)O)cc1. The van der Waals surface area contributed by atoms with Crippen LogP contribution in [0.4, 0.5) is 0 Å². The number of amides is 1. The second kappa shape index (κ2) is 7.24. The number of hydrogen-bond acceptors (Lipinski definition) is 4. The number of carbonyl (C=O) groups is 2. The molecule has 0 bridgehead atoms. The zero-order valence-electron chi connectivity index (χ0n) is 12.6. The maximum Gasteiger partial charge on any atom is 0.335 e. The molecule has 2 aromatic rings. The topological polar surface area (TPSA) is 118 Å². The number of rotatable bonds is 7. The Labute approximate surface area is 139 Å². The first kappa shape index (κ1) is 17.6. The Kier molecular flexibility index (Phi) is 5.32. The fourth-order valence-corrected chi connectivity index (χ4v) is 3.50. The van der Waals surface area contributed by atoms with E-state index in [4.69, 9.17) is 10.8 Å². The summed E-state index contributed by atoms with van der Waals surface area (Å²) in [7, 11) is -4.00. The van der Waals surface area contributed by atoms with E-state index in [2.05, 4.69) is 0 Å². The van der Waals surface area contributed by atoms with Crippen LogP contribution in [0, 0.1) is 0 Å². The molecule has 1 amide bonds. The smallest absolute Gasteiger partial charge is 0.335 e. The van der Waals surface area contributed by atoms with Gasteiger partial charge in [0.25, 0.3) is 0 Å². The summed E-state index contributed by atoms with van der Waals surface area (Å²) in [5, 5.41) is 8.88. The van der Waals surface area contributed by atoms with Crippen molar-refractivity contribution in [2.45, 2.75) is 11.4 Å². The van der Waals surface area contributed by atoms with Gasteiger partial charge in [0, 0.05) is 6.54 Å². The van der Waals surface area contributed by atoms with Crippen LogP contribution in [-0.2, 0) is 21.4 Å². The molecule has 24 heavy (non-hydrogen) atoms.